The number of carbonyl (C=O) groups is 2. The molecular formula is C15H12F2N2O2. The number of carbonyl (C=O) groups excluding carboxylic acids is 2. The number of hydrogen-bond acceptors (Lipinski definition) is 2. The number of amides is 2. The van der Waals surface area contributed by atoms with E-state index < -0.39 is 23.4 Å². The maximum atomic E-state index is 12.7. The number of rotatable bonds is 4. The molecule has 4 nitrogen and oxygen atoms in total. The molecule has 0 spiro atoms. The molecule has 2 amide bonds. The van der Waals surface area contributed by atoms with Gasteiger partial charge in [-0.25, -0.2) is 8.78 Å². The van der Waals surface area contributed by atoms with Crippen LogP contribution in [-0.4, -0.2) is 18.4 Å². The van der Waals surface area contributed by atoms with Crippen molar-refractivity contribution in [3.05, 3.63) is 65.7 Å². The van der Waals surface area contributed by atoms with E-state index in [2.05, 4.69) is 10.6 Å². The minimum Gasteiger partial charge on any atom is -0.343 e. The van der Waals surface area contributed by atoms with E-state index in [0.29, 0.717) is 5.69 Å². The molecule has 108 valence electrons. The van der Waals surface area contributed by atoms with Gasteiger partial charge in [-0.2, -0.15) is 0 Å². The van der Waals surface area contributed by atoms with Crippen LogP contribution in [0.4, 0.5) is 14.5 Å². The van der Waals surface area contributed by atoms with Crippen molar-refractivity contribution in [3.8, 4) is 0 Å². The molecule has 0 heterocycles. The molecule has 0 saturated heterocycles. The second-order valence-electron chi connectivity index (χ2n) is 4.24. The predicted octanol–water partition coefficient (Wildman–Crippen LogP) is 2.33. The molecule has 0 atom stereocenters. The van der Waals surface area contributed by atoms with Gasteiger partial charge in [0.05, 0.1) is 6.54 Å². The van der Waals surface area contributed by atoms with E-state index >= 15 is 0 Å². The topological polar surface area (TPSA) is 58.2 Å². The maximum Gasteiger partial charge on any atom is 0.251 e. The molecule has 0 bridgehead atoms. The van der Waals surface area contributed by atoms with Crippen molar-refractivity contribution >= 4 is 17.5 Å². The maximum absolute atomic E-state index is 12.7. The third-order valence-electron chi connectivity index (χ3n) is 2.64. The van der Waals surface area contributed by atoms with E-state index in [0.717, 1.165) is 12.1 Å². The SMILES string of the molecule is O=C(CNC(=O)c1ccc(F)cc1)Nc1ccc(F)cc1. The second-order valence-corrected chi connectivity index (χ2v) is 4.24. The second kappa shape index (κ2) is 6.60. The first-order chi connectivity index (χ1) is 10.0. The summed E-state index contributed by atoms with van der Waals surface area (Å²) in [6, 6.07) is 10.2. The Morgan fingerprint density at radius 3 is 1.95 bits per heavy atom. The molecule has 0 aromatic heterocycles. The number of hydrogen-bond donors (Lipinski definition) is 2. The summed E-state index contributed by atoms with van der Waals surface area (Å²) < 4.78 is 25.4. The van der Waals surface area contributed by atoms with Gasteiger partial charge in [-0.3, -0.25) is 9.59 Å². The largest absolute Gasteiger partial charge is 0.343 e. The van der Waals surface area contributed by atoms with Gasteiger partial charge < -0.3 is 10.6 Å². The van der Waals surface area contributed by atoms with Gasteiger partial charge in [0.1, 0.15) is 11.6 Å². The minimum atomic E-state index is -0.482. The first-order valence-electron chi connectivity index (χ1n) is 6.14. The smallest absolute Gasteiger partial charge is 0.251 e. The van der Waals surface area contributed by atoms with Crippen molar-refractivity contribution in [1.82, 2.24) is 5.32 Å². The van der Waals surface area contributed by atoms with Gasteiger partial charge in [0.2, 0.25) is 5.91 Å². The van der Waals surface area contributed by atoms with Crippen LogP contribution in [0.1, 0.15) is 10.4 Å². The highest BCUT2D eigenvalue weighted by molar-refractivity contribution is 5.99. The van der Waals surface area contributed by atoms with Crippen LogP contribution in [0.15, 0.2) is 48.5 Å². The molecule has 0 fully saturated rings. The molecule has 2 rings (SSSR count). The summed E-state index contributed by atoms with van der Waals surface area (Å²) in [5.41, 5.74) is 0.684. The summed E-state index contributed by atoms with van der Waals surface area (Å²) in [6.45, 7) is -0.242. The number of nitrogens with one attached hydrogen (secondary N) is 2. The van der Waals surface area contributed by atoms with E-state index in [4.69, 9.17) is 0 Å². The Balaban J connectivity index is 1.84. The van der Waals surface area contributed by atoms with Crippen molar-refractivity contribution in [1.29, 1.82) is 0 Å². The Hall–Kier alpha value is -2.76. The highest BCUT2D eigenvalue weighted by atomic mass is 19.1. The summed E-state index contributed by atoms with van der Waals surface area (Å²) in [4.78, 5) is 23.3. The molecule has 0 radical (unpaired) electrons. The third kappa shape index (κ3) is 4.38. The molecule has 6 heteroatoms. The lowest BCUT2D eigenvalue weighted by Gasteiger charge is -2.07. The Kier molecular flexibility index (Phi) is 4.61. The lowest BCUT2D eigenvalue weighted by molar-refractivity contribution is -0.115. The van der Waals surface area contributed by atoms with Crippen LogP contribution in [0.2, 0.25) is 0 Å². The lowest BCUT2D eigenvalue weighted by atomic mass is 10.2. The monoisotopic (exact) mass is 290 g/mol. The predicted molar refractivity (Wildman–Crippen MR) is 73.8 cm³/mol. The van der Waals surface area contributed by atoms with Crippen molar-refractivity contribution in [2.75, 3.05) is 11.9 Å². The van der Waals surface area contributed by atoms with Gasteiger partial charge in [-0.15, -0.1) is 0 Å². The molecule has 2 aromatic rings. The Bertz CT molecular complexity index is 640. The van der Waals surface area contributed by atoms with E-state index in [1.807, 2.05) is 0 Å². The minimum absolute atomic E-state index is 0.242. The van der Waals surface area contributed by atoms with Gasteiger partial charge in [-0.05, 0) is 48.5 Å². The Morgan fingerprint density at radius 2 is 1.38 bits per heavy atom. The average molecular weight is 290 g/mol. The molecule has 2 aromatic carbocycles. The fraction of sp³-hybridized carbons (Fsp3) is 0.0667. The zero-order valence-corrected chi connectivity index (χ0v) is 10.9. The quantitative estimate of drug-likeness (QED) is 0.908. The molecule has 0 aliphatic carbocycles. The van der Waals surface area contributed by atoms with Crippen LogP contribution in [0.25, 0.3) is 0 Å². The Labute approximate surface area is 119 Å². The summed E-state index contributed by atoms with van der Waals surface area (Å²) in [7, 11) is 0. The van der Waals surface area contributed by atoms with Crippen LogP contribution in [0.3, 0.4) is 0 Å². The van der Waals surface area contributed by atoms with Gasteiger partial charge in [0, 0.05) is 11.3 Å². The zero-order chi connectivity index (χ0) is 15.2. The van der Waals surface area contributed by atoms with Crippen LogP contribution in [0.5, 0.6) is 0 Å². The average Bonchev–Trinajstić information content (AvgIpc) is 2.48. The van der Waals surface area contributed by atoms with Gasteiger partial charge >= 0.3 is 0 Å². The van der Waals surface area contributed by atoms with Crippen LogP contribution in [0, 0.1) is 11.6 Å². The van der Waals surface area contributed by atoms with Crippen molar-refractivity contribution in [2.45, 2.75) is 0 Å². The number of anilines is 1. The van der Waals surface area contributed by atoms with E-state index in [1.54, 1.807) is 0 Å². The van der Waals surface area contributed by atoms with E-state index in [1.165, 1.54) is 36.4 Å². The normalized spacial score (nSPS) is 10.0. The highest BCUT2D eigenvalue weighted by Gasteiger charge is 2.08. The van der Waals surface area contributed by atoms with Gasteiger partial charge in [0.15, 0.2) is 0 Å². The molecule has 0 unspecified atom stereocenters. The molecule has 0 aliphatic rings. The van der Waals surface area contributed by atoms with Gasteiger partial charge in [0.25, 0.3) is 5.91 Å². The van der Waals surface area contributed by atoms with Gasteiger partial charge in [-0.1, -0.05) is 0 Å². The summed E-state index contributed by atoms with van der Waals surface area (Å²) >= 11 is 0. The molecule has 0 saturated carbocycles. The third-order valence-corrected chi connectivity index (χ3v) is 2.64. The number of halogens is 2. The lowest BCUT2D eigenvalue weighted by Crippen LogP contribution is -2.32. The summed E-state index contributed by atoms with van der Waals surface area (Å²) in [5.74, 6) is -1.78. The highest BCUT2D eigenvalue weighted by Crippen LogP contribution is 2.07. The zero-order valence-electron chi connectivity index (χ0n) is 10.9. The fourth-order valence-electron chi connectivity index (χ4n) is 1.60. The summed E-state index contributed by atoms with van der Waals surface area (Å²) in [5, 5.41) is 4.91. The molecule has 0 aliphatic heterocycles. The molecule has 2 N–H and O–H groups in total. The van der Waals surface area contributed by atoms with Crippen LogP contribution < -0.4 is 10.6 Å². The van der Waals surface area contributed by atoms with Crippen LogP contribution >= 0.6 is 0 Å². The van der Waals surface area contributed by atoms with E-state index in [9.17, 15) is 18.4 Å². The van der Waals surface area contributed by atoms with Crippen molar-refractivity contribution in [3.63, 3.8) is 0 Å². The first kappa shape index (κ1) is 14.6. The molecule has 21 heavy (non-hydrogen) atoms. The van der Waals surface area contributed by atoms with Crippen molar-refractivity contribution in [2.24, 2.45) is 0 Å². The first-order valence-corrected chi connectivity index (χ1v) is 6.14. The standard InChI is InChI=1S/C15H12F2N2O2/c16-11-3-1-10(2-4-11)15(21)18-9-14(20)19-13-7-5-12(17)6-8-13/h1-8H,9H2,(H,18,21)(H,19,20). The fourth-order valence-corrected chi connectivity index (χ4v) is 1.60. The Morgan fingerprint density at radius 1 is 0.857 bits per heavy atom. The van der Waals surface area contributed by atoms with Crippen LogP contribution in [-0.2, 0) is 4.79 Å². The molecular weight excluding hydrogens is 278 g/mol. The van der Waals surface area contributed by atoms with Crippen molar-refractivity contribution < 1.29 is 18.4 Å². The van der Waals surface area contributed by atoms with E-state index in [-0.39, 0.29) is 12.1 Å². The summed E-state index contributed by atoms with van der Waals surface area (Å²) in [6.07, 6.45) is 0. The number of benzene rings is 2.